The van der Waals surface area contributed by atoms with E-state index >= 15 is 0 Å². The summed E-state index contributed by atoms with van der Waals surface area (Å²) < 4.78 is 6.80. The number of benzene rings is 1. The first-order valence-electron chi connectivity index (χ1n) is 7.24. The molecule has 0 aliphatic heterocycles. The second-order valence-electron chi connectivity index (χ2n) is 4.74. The minimum atomic E-state index is -0.604. The van der Waals surface area contributed by atoms with Gasteiger partial charge in [-0.2, -0.15) is 0 Å². The summed E-state index contributed by atoms with van der Waals surface area (Å²) in [6.07, 6.45) is 4.87. The van der Waals surface area contributed by atoms with E-state index in [1.165, 1.54) is 0 Å². The molecule has 0 atom stereocenters. The Kier molecular flexibility index (Phi) is 5.12. The van der Waals surface area contributed by atoms with E-state index in [1.54, 1.807) is 31.3 Å². The van der Waals surface area contributed by atoms with E-state index in [-0.39, 0.29) is 24.2 Å². The second-order valence-corrected chi connectivity index (χ2v) is 4.74. The van der Waals surface area contributed by atoms with Gasteiger partial charge in [0.25, 0.3) is 0 Å². The quantitative estimate of drug-likeness (QED) is 0.860. The average Bonchev–Trinajstić information content (AvgIpc) is 2.53. The molecule has 2 aromatic rings. The number of hydrogen-bond donors (Lipinski definition) is 1. The number of aliphatic hydroxyl groups is 1. The fraction of sp³-hybridized carbons (Fsp3) is 0.294. The molecule has 0 saturated carbocycles. The Balaban J connectivity index is 2.69. The van der Waals surface area contributed by atoms with Crippen LogP contribution in [-0.2, 0) is 11.3 Å². The number of aliphatic hydroxyl groups excluding tert-OH is 1. The van der Waals surface area contributed by atoms with Gasteiger partial charge in [0.1, 0.15) is 5.56 Å². The predicted octanol–water partition coefficient (Wildman–Crippen LogP) is 2.20. The number of ether oxygens (including phenoxy) is 1. The first kappa shape index (κ1) is 16.0. The number of carbonyl (C=O) groups excluding carboxylic acids is 1. The number of aromatic nitrogens is 1. The van der Waals surface area contributed by atoms with Gasteiger partial charge in [-0.25, -0.2) is 4.79 Å². The predicted molar refractivity (Wildman–Crippen MR) is 86.0 cm³/mol. The topological polar surface area (TPSA) is 68.5 Å². The van der Waals surface area contributed by atoms with Gasteiger partial charge in [0.15, 0.2) is 0 Å². The summed E-state index contributed by atoms with van der Waals surface area (Å²) in [4.78, 5) is 24.5. The van der Waals surface area contributed by atoms with Gasteiger partial charge in [0, 0.05) is 18.1 Å². The van der Waals surface area contributed by atoms with Gasteiger partial charge in [-0.05, 0) is 31.5 Å². The normalized spacial score (nSPS) is 11.2. The number of nitrogens with zero attached hydrogens (tertiary/aromatic N) is 1. The van der Waals surface area contributed by atoms with E-state index in [1.807, 2.05) is 23.6 Å². The lowest BCUT2D eigenvalue weighted by atomic mass is 10.1. The van der Waals surface area contributed by atoms with Crippen molar-refractivity contribution >= 4 is 22.9 Å². The van der Waals surface area contributed by atoms with E-state index in [0.717, 1.165) is 11.1 Å². The highest BCUT2D eigenvalue weighted by Gasteiger charge is 2.16. The molecule has 1 aromatic carbocycles. The fourth-order valence-electron chi connectivity index (χ4n) is 2.32. The van der Waals surface area contributed by atoms with Crippen molar-refractivity contribution < 1.29 is 14.6 Å². The summed E-state index contributed by atoms with van der Waals surface area (Å²) in [5, 5.41) is 9.30. The number of rotatable bonds is 5. The van der Waals surface area contributed by atoms with Crippen LogP contribution in [0.25, 0.3) is 17.0 Å². The van der Waals surface area contributed by atoms with E-state index < -0.39 is 5.97 Å². The second kappa shape index (κ2) is 7.04. The summed E-state index contributed by atoms with van der Waals surface area (Å²) in [6.45, 7) is 4.43. The summed E-state index contributed by atoms with van der Waals surface area (Å²) in [5.74, 6) is -0.604. The zero-order chi connectivity index (χ0) is 16.1. The number of fused-ring (bicyclic) bond motifs is 1. The maximum atomic E-state index is 12.6. The molecule has 1 aromatic heterocycles. The van der Waals surface area contributed by atoms with Crippen LogP contribution in [0.4, 0.5) is 0 Å². The van der Waals surface area contributed by atoms with Crippen molar-refractivity contribution in [3.8, 4) is 0 Å². The van der Waals surface area contributed by atoms with Crippen LogP contribution in [0.5, 0.6) is 0 Å². The SMILES string of the molecule is CCOC(=O)c1cn(CC)c2ccc(C=CCO)cc2c1=O. The number of hydrogen-bond acceptors (Lipinski definition) is 4. The lowest BCUT2D eigenvalue weighted by Gasteiger charge is -2.11. The Bertz CT molecular complexity index is 774. The molecule has 116 valence electrons. The monoisotopic (exact) mass is 301 g/mol. The molecule has 0 saturated heterocycles. The van der Waals surface area contributed by atoms with E-state index in [2.05, 4.69) is 0 Å². The summed E-state index contributed by atoms with van der Waals surface area (Å²) >= 11 is 0. The van der Waals surface area contributed by atoms with Gasteiger partial charge in [-0.3, -0.25) is 4.79 Å². The van der Waals surface area contributed by atoms with Crippen LogP contribution in [0.15, 0.2) is 35.3 Å². The highest BCUT2D eigenvalue weighted by molar-refractivity contribution is 5.94. The van der Waals surface area contributed by atoms with E-state index in [0.29, 0.717) is 11.9 Å². The van der Waals surface area contributed by atoms with Crippen LogP contribution in [0.2, 0.25) is 0 Å². The lowest BCUT2D eigenvalue weighted by Crippen LogP contribution is -2.20. The summed E-state index contributed by atoms with van der Waals surface area (Å²) in [7, 11) is 0. The molecule has 0 fully saturated rings. The van der Waals surface area contributed by atoms with Crippen molar-refractivity contribution in [2.75, 3.05) is 13.2 Å². The van der Waals surface area contributed by atoms with Crippen molar-refractivity contribution in [1.29, 1.82) is 0 Å². The molecule has 1 heterocycles. The first-order chi connectivity index (χ1) is 10.6. The molecule has 2 rings (SSSR count). The van der Waals surface area contributed by atoms with Crippen LogP contribution in [-0.4, -0.2) is 28.9 Å². The number of esters is 1. The molecule has 0 amide bonds. The van der Waals surface area contributed by atoms with Crippen LogP contribution < -0.4 is 5.43 Å². The number of pyridine rings is 1. The van der Waals surface area contributed by atoms with Gasteiger partial charge < -0.3 is 14.4 Å². The van der Waals surface area contributed by atoms with Crippen molar-refractivity contribution in [1.82, 2.24) is 4.57 Å². The average molecular weight is 301 g/mol. The third kappa shape index (κ3) is 3.09. The van der Waals surface area contributed by atoms with Gasteiger partial charge in [0.2, 0.25) is 5.43 Å². The minimum Gasteiger partial charge on any atom is -0.462 e. The molecule has 0 aliphatic rings. The minimum absolute atomic E-state index is 0.0412. The van der Waals surface area contributed by atoms with Crippen molar-refractivity contribution in [2.45, 2.75) is 20.4 Å². The zero-order valence-corrected chi connectivity index (χ0v) is 12.7. The first-order valence-corrected chi connectivity index (χ1v) is 7.24. The van der Waals surface area contributed by atoms with Crippen LogP contribution in [0, 0.1) is 0 Å². The lowest BCUT2D eigenvalue weighted by molar-refractivity contribution is 0.0524. The molecule has 22 heavy (non-hydrogen) atoms. The molecule has 0 aliphatic carbocycles. The molecule has 0 spiro atoms. The third-order valence-corrected chi connectivity index (χ3v) is 3.36. The Hall–Kier alpha value is -2.40. The standard InChI is InChI=1S/C17H19NO4/c1-3-18-11-14(17(21)22-4-2)16(20)13-10-12(6-5-9-19)7-8-15(13)18/h5-8,10-11,19H,3-4,9H2,1-2H3. The summed E-state index contributed by atoms with van der Waals surface area (Å²) in [5.41, 5.74) is 1.26. The highest BCUT2D eigenvalue weighted by Crippen LogP contribution is 2.16. The van der Waals surface area contributed by atoms with E-state index in [4.69, 9.17) is 9.84 Å². The molecule has 0 radical (unpaired) electrons. The Morgan fingerprint density at radius 1 is 1.36 bits per heavy atom. The number of carbonyl (C=O) groups is 1. The number of aryl methyl sites for hydroxylation is 1. The largest absolute Gasteiger partial charge is 0.462 e. The Labute approximate surface area is 128 Å². The van der Waals surface area contributed by atoms with Crippen LogP contribution in [0.3, 0.4) is 0 Å². The van der Waals surface area contributed by atoms with E-state index in [9.17, 15) is 9.59 Å². The zero-order valence-electron chi connectivity index (χ0n) is 12.7. The molecular formula is C17H19NO4. The van der Waals surface area contributed by atoms with Crippen LogP contribution in [0.1, 0.15) is 29.8 Å². The fourth-order valence-corrected chi connectivity index (χ4v) is 2.32. The smallest absolute Gasteiger partial charge is 0.343 e. The molecule has 5 nitrogen and oxygen atoms in total. The highest BCUT2D eigenvalue weighted by atomic mass is 16.5. The molecule has 5 heteroatoms. The van der Waals surface area contributed by atoms with Crippen molar-refractivity contribution in [2.24, 2.45) is 0 Å². The molecule has 0 unspecified atom stereocenters. The van der Waals surface area contributed by atoms with Crippen molar-refractivity contribution in [3.63, 3.8) is 0 Å². The maximum absolute atomic E-state index is 12.6. The third-order valence-electron chi connectivity index (χ3n) is 3.36. The van der Waals surface area contributed by atoms with Gasteiger partial charge >= 0.3 is 5.97 Å². The summed E-state index contributed by atoms with van der Waals surface area (Å²) in [6, 6.07) is 5.43. The Morgan fingerprint density at radius 2 is 2.14 bits per heavy atom. The van der Waals surface area contributed by atoms with Gasteiger partial charge in [-0.15, -0.1) is 0 Å². The maximum Gasteiger partial charge on any atom is 0.343 e. The molecular weight excluding hydrogens is 282 g/mol. The Morgan fingerprint density at radius 3 is 2.77 bits per heavy atom. The van der Waals surface area contributed by atoms with Gasteiger partial charge in [0.05, 0.1) is 18.7 Å². The van der Waals surface area contributed by atoms with Gasteiger partial charge in [-0.1, -0.05) is 18.2 Å². The van der Waals surface area contributed by atoms with Crippen molar-refractivity contribution in [3.05, 3.63) is 51.8 Å². The molecule has 1 N–H and O–H groups in total. The van der Waals surface area contributed by atoms with Crippen LogP contribution >= 0.6 is 0 Å². The molecule has 0 bridgehead atoms.